The first-order valence-electron chi connectivity index (χ1n) is 5.42. The van der Waals surface area contributed by atoms with Crippen molar-refractivity contribution in [2.45, 2.75) is 45.5 Å². The second kappa shape index (κ2) is 5.27. The van der Waals surface area contributed by atoms with Gasteiger partial charge in [-0.3, -0.25) is 0 Å². The number of nitrogens with two attached hydrogens (primary N) is 1. The van der Waals surface area contributed by atoms with Gasteiger partial charge in [-0.2, -0.15) is 0 Å². The van der Waals surface area contributed by atoms with Gasteiger partial charge in [0, 0.05) is 5.25 Å². The quantitative estimate of drug-likeness (QED) is 0.890. The number of aliphatic hydroxyl groups excluding tert-OH is 1. The van der Waals surface area contributed by atoms with Crippen LogP contribution in [0.15, 0.2) is 20.6 Å². The zero-order valence-electron chi connectivity index (χ0n) is 9.20. The first kappa shape index (κ1) is 13.4. The van der Waals surface area contributed by atoms with Crippen molar-refractivity contribution in [3.63, 3.8) is 0 Å². The van der Waals surface area contributed by atoms with E-state index in [1.165, 1.54) is 11.3 Å². The summed E-state index contributed by atoms with van der Waals surface area (Å²) in [5, 5.41) is 14.9. The lowest BCUT2D eigenvalue weighted by Crippen LogP contribution is -2.19. The molecule has 17 heavy (non-hydrogen) atoms. The number of thioether (sulfide) groups is 1. The minimum Gasteiger partial charge on any atom is -0.393 e. The van der Waals surface area contributed by atoms with Crippen molar-refractivity contribution in [1.82, 2.24) is 0 Å². The van der Waals surface area contributed by atoms with Crippen molar-refractivity contribution < 1.29 is 13.5 Å². The smallest absolute Gasteiger partial charge is 0.247 e. The molecular formula is C10H15NO3S3. The third kappa shape index (κ3) is 3.69. The zero-order valence-corrected chi connectivity index (χ0v) is 11.7. The average molecular weight is 293 g/mol. The normalized spacial score (nSPS) is 26.0. The topological polar surface area (TPSA) is 80.4 Å². The maximum absolute atomic E-state index is 11.1. The van der Waals surface area contributed by atoms with E-state index in [4.69, 9.17) is 5.14 Å². The SMILES string of the molecule is NS(=O)(=O)c1ccc(S[C@H]2CC[C@H](O)CC2)s1. The summed E-state index contributed by atoms with van der Waals surface area (Å²) in [5.41, 5.74) is 0. The van der Waals surface area contributed by atoms with Crippen molar-refractivity contribution in [3.8, 4) is 0 Å². The zero-order chi connectivity index (χ0) is 12.5. The first-order valence-corrected chi connectivity index (χ1v) is 8.67. The Bertz CT molecular complexity index is 475. The summed E-state index contributed by atoms with van der Waals surface area (Å²) >= 11 is 2.91. The highest BCUT2D eigenvalue weighted by Crippen LogP contribution is 2.37. The molecule has 3 N–H and O–H groups in total. The fourth-order valence-electron chi connectivity index (χ4n) is 1.85. The Kier molecular flexibility index (Phi) is 4.14. The number of thiophene rings is 1. The number of hydrogen-bond acceptors (Lipinski definition) is 5. The summed E-state index contributed by atoms with van der Waals surface area (Å²) in [6.07, 6.45) is 3.48. The van der Waals surface area contributed by atoms with Crippen molar-refractivity contribution >= 4 is 33.1 Å². The monoisotopic (exact) mass is 293 g/mol. The van der Waals surface area contributed by atoms with E-state index in [-0.39, 0.29) is 10.3 Å². The number of primary sulfonamides is 1. The van der Waals surface area contributed by atoms with E-state index in [1.807, 2.05) is 0 Å². The molecular weight excluding hydrogens is 278 g/mol. The molecule has 0 aromatic carbocycles. The maximum Gasteiger partial charge on any atom is 0.247 e. The predicted molar refractivity (Wildman–Crippen MR) is 69.8 cm³/mol. The van der Waals surface area contributed by atoms with Crippen LogP contribution in [0.3, 0.4) is 0 Å². The molecule has 1 aromatic rings. The van der Waals surface area contributed by atoms with E-state index in [1.54, 1.807) is 23.9 Å². The number of rotatable bonds is 3. The summed E-state index contributed by atoms with van der Waals surface area (Å²) in [6.45, 7) is 0. The summed E-state index contributed by atoms with van der Waals surface area (Å²) in [5.74, 6) is 0. The minimum absolute atomic E-state index is 0.157. The first-order chi connectivity index (χ1) is 7.95. The molecule has 0 bridgehead atoms. The predicted octanol–water partition coefficient (Wildman–Crippen LogP) is 1.79. The van der Waals surface area contributed by atoms with E-state index in [0.717, 1.165) is 29.9 Å². The lowest BCUT2D eigenvalue weighted by Gasteiger charge is -2.24. The molecule has 1 aliphatic rings. The standard InChI is InChI=1S/C10H15NO3S3/c11-17(13,14)10-6-5-9(16-10)15-8-3-1-7(12)2-4-8/h5-8,12H,1-4H2,(H2,11,13,14)/t7-,8-. The molecule has 96 valence electrons. The molecule has 0 aliphatic heterocycles. The van der Waals surface area contributed by atoms with Crippen molar-refractivity contribution in [2.75, 3.05) is 0 Å². The van der Waals surface area contributed by atoms with Crippen LogP contribution in [0.2, 0.25) is 0 Å². The second-order valence-electron chi connectivity index (χ2n) is 4.17. The van der Waals surface area contributed by atoms with E-state index in [2.05, 4.69) is 0 Å². The highest BCUT2D eigenvalue weighted by molar-refractivity contribution is 8.02. The Morgan fingerprint density at radius 1 is 1.29 bits per heavy atom. The van der Waals surface area contributed by atoms with Gasteiger partial charge in [-0.25, -0.2) is 13.6 Å². The number of aliphatic hydroxyl groups is 1. The van der Waals surface area contributed by atoms with Crippen LogP contribution in [0.25, 0.3) is 0 Å². The Morgan fingerprint density at radius 2 is 1.94 bits per heavy atom. The molecule has 1 saturated carbocycles. The van der Waals surface area contributed by atoms with Crippen LogP contribution < -0.4 is 5.14 Å². The molecule has 4 nitrogen and oxygen atoms in total. The molecule has 0 radical (unpaired) electrons. The fourth-order valence-corrected chi connectivity index (χ4v) is 5.32. The molecule has 0 saturated heterocycles. The minimum atomic E-state index is -3.57. The largest absolute Gasteiger partial charge is 0.393 e. The van der Waals surface area contributed by atoms with Crippen molar-refractivity contribution in [1.29, 1.82) is 0 Å². The van der Waals surface area contributed by atoms with Gasteiger partial charge in [0.1, 0.15) is 4.21 Å². The molecule has 1 heterocycles. The van der Waals surface area contributed by atoms with Gasteiger partial charge in [0.25, 0.3) is 0 Å². The van der Waals surface area contributed by atoms with E-state index >= 15 is 0 Å². The van der Waals surface area contributed by atoms with Gasteiger partial charge >= 0.3 is 0 Å². The fraction of sp³-hybridized carbons (Fsp3) is 0.600. The Hall–Kier alpha value is -0.0800. The third-order valence-electron chi connectivity index (χ3n) is 2.76. The van der Waals surface area contributed by atoms with Gasteiger partial charge in [-0.05, 0) is 37.8 Å². The van der Waals surface area contributed by atoms with Crippen LogP contribution in [0.5, 0.6) is 0 Å². The summed E-state index contributed by atoms with van der Waals surface area (Å²) in [6, 6.07) is 3.36. The maximum atomic E-state index is 11.1. The lowest BCUT2D eigenvalue weighted by atomic mass is 9.97. The highest BCUT2D eigenvalue weighted by Gasteiger charge is 2.21. The van der Waals surface area contributed by atoms with E-state index < -0.39 is 10.0 Å². The number of hydrogen-bond donors (Lipinski definition) is 2. The van der Waals surface area contributed by atoms with Crippen molar-refractivity contribution in [3.05, 3.63) is 12.1 Å². The summed E-state index contributed by atoms with van der Waals surface area (Å²) < 4.78 is 23.5. The molecule has 0 amide bonds. The van der Waals surface area contributed by atoms with Gasteiger partial charge in [-0.15, -0.1) is 23.1 Å². The van der Waals surface area contributed by atoms with Gasteiger partial charge < -0.3 is 5.11 Å². The molecule has 1 aromatic heterocycles. The van der Waals surface area contributed by atoms with Crippen LogP contribution in [0, 0.1) is 0 Å². The average Bonchev–Trinajstić information content (AvgIpc) is 2.69. The second-order valence-corrected chi connectivity index (χ2v) is 8.64. The molecule has 2 rings (SSSR count). The molecule has 0 spiro atoms. The van der Waals surface area contributed by atoms with Crippen LogP contribution in [0.1, 0.15) is 25.7 Å². The van der Waals surface area contributed by atoms with Crippen LogP contribution in [-0.2, 0) is 10.0 Å². The van der Waals surface area contributed by atoms with E-state index in [0.29, 0.717) is 5.25 Å². The molecule has 1 aliphatic carbocycles. The van der Waals surface area contributed by atoms with Crippen molar-refractivity contribution in [2.24, 2.45) is 5.14 Å². The Morgan fingerprint density at radius 3 is 2.47 bits per heavy atom. The molecule has 7 heteroatoms. The summed E-state index contributed by atoms with van der Waals surface area (Å²) in [4.78, 5) is 0. The van der Waals surface area contributed by atoms with Gasteiger partial charge in [0.05, 0.1) is 10.3 Å². The summed E-state index contributed by atoms with van der Waals surface area (Å²) in [7, 11) is -3.57. The highest BCUT2D eigenvalue weighted by atomic mass is 32.3. The molecule has 0 atom stereocenters. The van der Waals surface area contributed by atoms with Gasteiger partial charge in [-0.1, -0.05) is 0 Å². The molecule has 0 unspecified atom stereocenters. The third-order valence-corrected chi connectivity index (χ3v) is 6.79. The van der Waals surface area contributed by atoms with Gasteiger partial charge in [0.15, 0.2) is 0 Å². The number of sulfonamides is 1. The van der Waals surface area contributed by atoms with Gasteiger partial charge in [0.2, 0.25) is 10.0 Å². The Labute approximate surface area is 109 Å². The van der Waals surface area contributed by atoms with Crippen LogP contribution in [0.4, 0.5) is 0 Å². The van der Waals surface area contributed by atoms with E-state index in [9.17, 15) is 13.5 Å². The lowest BCUT2D eigenvalue weighted by molar-refractivity contribution is 0.132. The molecule has 1 fully saturated rings. The Balaban J connectivity index is 1.98. The van der Waals surface area contributed by atoms with Crippen LogP contribution >= 0.6 is 23.1 Å². The van der Waals surface area contributed by atoms with Crippen LogP contribution in [-0.4, -0.2) is 24.9 Å².